The second-order valence-corrected chi connectivity index (χ2v) is 6.08. The highest BCUT2D eigenvalue weighted by Gasteiger charge is 2.16. The van der Waals surface area contributed by atoms with Crippen molar-refractivity contribution in [1.29, 1.82) is 0 Å². The van der Waals surface area contributed by atoms with E-state index in [0.717, 1.165) is 5.56 Å². The Labute approximate surface area is 150 Å². The summed E-state index contributed by atoms with van der Waals surface area (Å²) in [5.74, 6) is -0.481. The van der Waals surface area contributed by atoms with Gasteiger partial charge in [-0.25, -0.2) is 9.37 Å². The minimum atomic E-state index is -0.299. The smallest absolute Gasteiger partial charge is 0.246 e. The Kier molecular flexibility index (Phi) is 4.86. The summed E-state index contributed by atoms with van der Waals surface area (Å²) in [5, 5.41) is 0.337. The van der Waals surface area contributed by atoms with Crippen LogP contribution in [0.1, 0.15) is 24.2 Å². The minimum absolute atomic E-state index is 0.182. The third-order valence-corrected chi connectivity index (χ3v) is 4.46. The van der Waals surface area contributed by atoms with Gasteiger partial charge < -0.3 is 4.90 Å². The highest BCUT2D eigenvalue weighted by atomic mass is 35.5. The van der Waals surface area contributed by atoms with Crippen molar-refractivity contribution in [2.24, 2.45) is 0 Å². The summed E-state index contributed by atoms with van der Waals surface area (Å²) >= 11 is 6.16. The summed E-state index contributed by atoms with van der Waals surface area (Å²) in [7, 11) is 1.71. The highest BCUT2D eigenvalue weighted by Crippen LogP contribution is 2.21. The fourth-order valence-corrected chi connectivity index (χ4v) is 2.80. The third kappa shape index (κ3) is 3.56. The Morgan fingerprint density at radius 2 is 2.00 bits per heavy atom. The summed E-state index contributed by atoms with van der Waals surface area (Å²) in [5.41, 5.74) is 2.22. The second kappa shape index (κ2) is 7.07. The summed E-state index contributed by atoms with van der Waals surface area (Å²) in [6.45, 7) is 1.89. The SMILES string of the molecule is CC(c1ccc(F)cc1)N(C)C(=O)/C=C/c1c(Cl)nc2ccccn12. The first-order chi connectivity index (χ1) is 12.0. The molecule has 4 nitrogen and oxygen atoms in total. The molecule has 128 valence electrons. The van der Waals surface area contributed by atoms with E-state index in [9.17, 15) is 9.18 Å². The first-order valence-corrected chi connectivity index (χ1v) is 8.18. The van der Waals surface area contributed by atoms with E-state index in [1.807, 2.05) is 35.7 Å². The number of imidazole rings is 1. The van der Waals surface area contributed by atoms with Gasteiger partial charge in [0.1, 0.15) is 11.5 Å². The van der Waals surface area contributed by atoms with E-state index in [-0.39, 0.29) is 17.8 Å². The minimum Gasteiger partial charge on any atom is -0.335 e. The number of amides is 1. The molecule has 1 amide bonds. The monoisotopic (exact) mass is 357 g/mol. The molecular formula is C19H17ClFN3O. The Morgan fingerprint density at radius 3 is 2.72 bits per heavy atom. The third-order valence-electron chi connectivity index (χ3n) is 4.19. The van der Waals surface area contributed by atoms with Crippen LogP contribution in [0, 0.1) is 5.82 Å². The summed E-state index contributed by atoms with van der Waals surface area (Å²) < 4.78 is 14.9. The Balaban J connectivity index is 1.79. The Morgan fingerprint density at radius 1 is 1.28 bits per heavy atom. The molecule has 0 aliphatic heterocycles. The van der Waals surface area contributed by atoms with Crippen LogP contribution in [0.3, 0.4) is 0 Å². The normalized spacial score (nSPS) is 12.6. The molecule has 2 aromatic heterocycles. The number of carbonyl (C=O) groups excluding carboxylic acids is 1. The highest BCUT2D eigenvalue weighted by molar-refractivity contribution is 6.31. The van der Waals surface area contributed by atoms with Gasteiger partial charge in [0.2, 0.25) is 5.91 Å². The van der Waals surface area contributed by atoms with Crippen molar-refractivity contribution in [2.45, 2.75) is 13.0 Å². The van der Waals surface area contributed by atoms with Gasteiger partial charge in [-0.2, -0.15) is 0 Å². The average molecular weight is 358 g/mol. The number of benzene rings is 1. The van der Waals surface area contributed by atoms with Crippen LogP contribution in [0.2, 0.25) is 5.15 Å². The fourth-order valence-electron chi connectivity index (χ4n) is 2.56. The number of aromatic nitrogens is 2. The zero-order chi connectivity index (χ0) is 18.0. The van der Waals surface area contributed by atoms with Crippen LogP contribution in [0.25, 0.3) is 11.7 Å². The molecular weight excluding hydrogens is 341 g/mol. The molecule has 6 heteroatoms. The first kappa shape index (κ1) is 17.2. The topological polar surface area (TPSA) is 37.6 Å². The molecule has 3 rings (SSSR count). The number of carbonyl (C=O) groups is 1. The van der Waals surface area contributed by atoms with Crippen LogP contribution >= 0.6 is 11.6 Å². The van der Waals surface area contributed by atoms with Gasteiger partial charge in [0.05, 0.1) is 11.7 Å². The number of nitrogens with zero attached hydrogens (tertiary/aromatic N) is 3. The maximum absolute atomic E-state index is 13.0. The number of halogens is 2. The van der Waals surface area contributed by atoms with Crippen molar-refractivity contribution < 1.29 is 9.18 Å². The predicted molar refractivity (Wildman–Crippen MR) is 96.8 cm³/mol. The molecule has 0 saturated heterocycles. The lowest BCUT2D eigenvalue weighted by molar-refractivity contribution is -0.126. The van der Waals surface area contributed by atoms with Crippen LogP contribution in [0.4, 0.5) is 4.39 Å². The molecule has 0 aliphatic rings. The van der Waals surface area contributed by atoms with E-state index in [0.29, 0.717) is 16.5 Å². The number of rotatable bonds is 4. The summed E-state index contributed by atoms with van der Waals surface area (Å²) in [4.78, 5) is 18.3. The zero-order valence-electron chi connectivity index (χ0n) is 13.9. The molecule has 1 atom stereocenters. The maximum atomic E-state index is 13.0. The van der Waals surface area contributed by atoms with Crippen molar-refractivity contribution in [2.75, 3.05) is 7.05 Å². The van der Waals surface area contributed by atoms with Gasteiger partial charge in [0, 0.05) is 19.3 Å². The lowest BCUT2D eigenvalue weighted by Gasteiger charge is -2.24. The van der Waals surface area contributed by atoms with Crippen LogP contribution in [0.15, 0.2) is 54.7 Å². The van der Waals surface area contributed by atoms with Crippen LogP contribution in [-0.2, 0) is 4.79 Å². The molecule has 0 bridgehead atoms. The van der Waals surface area contributed by atoms with E-state index >= 15 is 0 Å². The van der Waals surface area contributed by atoms with E-state index in [1.165, 1.54) is 18.2 Å². The van der Waals surface area contributed by atoms with Crippen molar-refractivity contribution in [3.05, 3.63) is 77.0 Å². The second-order valence-electron chi connectivity index (χ2n) is 5.73. The van der Waals surface area contributed by atoms with Crippen molar-refractivity contribution in [3.8, 4) is 0 Å². The van der Waals surface area contributed by atoms with E-state index in [4.69, 9.17) is 11.6 Å². The largest absolute Gasteiger partial charge is 0.335 e. The van der Waals surface area contributed by atoms with Gasteiger partial charge in [-0.15, -0.1) is 0 Å². The fraction of sp³-hybridized carbons (Fsp3) is 0.158. The van der Waals surface area contributed by atoms with Crippen LogP contribution in [0.5, 0.6) is 0 Å². The van der Waals surface area contributed by atoms with E-state index in [1.54, 1.807) is 30.2 Å². The molecule has 0 N–H and O–H groups in total. The van der Waals surface area contributed by atoms with Gasteiger partial charge in [-0.05, 0) is 42.8 Å². The number of pyridine rings is 1. The number of fused-ring (bicyclic) bond motifs is 1. The predicted octanol–water partition coefficient (Wildman–Crippen LogP) is 4.36. The molecule has 0 saturated carbocycles. The van der Waals surface area contributed by atoms with Crippen molar-refractivity contribution in [3.63, 3.8) is 0 Å². The molecule has 0 spiro atoms. The van der Waals surface area contributed by atoms with E-state index < -0.39 is 0 Å². The molecule has 1 unspecified atom stereocenters. The Hall–Kier alpha value is -2.66. The lowest BCUT2D eigenvalue weighted by atomic mass is 10.1. The molecule has 2 heterocycles. The van der Waals surface area contributed by atoms with Crippen molar-refractivity contribution in [1.82, 2.24) is 14.3 Å². The molecule has 0 radical (unpaired) electrons. The first-order valence-electron chi connectivity index (χ1n) is 7.80. The number of likely N-dealkylation sites (N-methyl/N-ethyl adjacent to an activating group) is 1. The van der Waals surface area contributed by atoms with Crippen LogP contribution in [-0.4, -0.2) is 27.2 Å². The number of hydrogen-bond donors (Lipinski definition) is 0. The summed E-state index contributed by atoms with van der Waals surface area (Å²) in [6.07, 6.45) is 4.95. The molecule has 25 heavy (non-hydrogen) atoms. The molecule has 3 aromatic rings. The zero-order valence-corrected chi connectivity index (χ0v) is 14.6. The molecule has 0 aliphatic carbocycles. The van der Waals surface area contributed by atoms with Gasteiger partial charge in [-0.3, -0.25) is 9.20 Å². The van der Waals surface area contributed by atoms with Crippen LogP contribution < -0.4 is 0 Å². The molecule has 0 fully saturated rings. The number of hydrogen-bond acceptors (Lipinski definition) is 2. The van der Waals surface area contributed by atoms with Gasteiger partial charge in [-0.1, -0.05) is 29.8 Å². The Bertz CT molecular complexity index is 933. The standard InChI is InChI=1S/C19H17ClFN3O/c1-13(14-6-8-15(21)9-7-14)23(2)18(25)11-10-16-19(20)22-17-5-3-4-12-24(16)17/h3-13H,1-2H3/b11-10+. The lowest BCUT2D eigenvalue weighted by Crippen LogP contribution is -2.28. The maximum Gasteiger partial charge on any atom is 0.246 e. The van der Waals surface area contributed by atoms with Gasteiger partial charge in [0.15, 0.2) is 5.15 Å². The van der Waals surface area contributed by atoms with Crippen molar-refractivity contribution >= 4 is 29.2 Å². The van der Waals surface area contributed by atoms with E-state index in [2.05, 4.69) is 4.98 Å². The molecule has 1 aromatic carbocycles. The summed E-state index contributed by atoms with van der Waals surface area (Å²) in [6, 6.07) is 11.5. The average Bonchev–Trinajstić information content (AvgIpc) is 2.94. The van der Waals surface area contributed by atoms with Gasteiger partial charge in [0.25, 0.3) is 0 Å². The quantitative estimate of drug-likeness (QED) is 0.651. The van der Waals surface area contributed by atoms with Gasteiger partial charge >= 0.3 is 0 Å².